The minimum atomic E-state index is 0.0284. The molecule has 0 saturated carbocycles. The van der Waals surface area contributed by atoms with Gasteiger partial charge < -0.3 is 10.3 Å². The number of hydrogen-bond acceptors (Lipinski definition) is 3. The van der Waals surface area contributed by atoms with Crippen LogP contribution in [0.5, 0.6) is 0 Å². The van der Waals surface area contributed by atoms with Crippen LogP contribution in [0.25, 0.3) is 5.69 Å². The molecule has 0 amide bonds. The van der Waals surface area contributed by atoms with E-state index in [0.717, 1.165) is 17.8 Å². The highest BCUT2D eigenvalue weighted by Crippen LogP contribution is 2.17. The van der Waals surface area contributed by atoms with Crippen molar-refractivity contribution in [3.05, 3.63) is 42.7 Å². The van der Waals surface area contributed by atoms with Crippen molar-refractivity contribution in [1.29, 1.82) is 0 Å². The van der Waals surface area contributed by atoms with Gasteiger partial charge >= 0.3 is 0 Å². The van der Waals surface area contributed by atoms with Gasteiger partial charge in [-0.2, -0.15) is 0 Å². The predicted octanol–water partition coefficient (Wildman–Crippen LogP) is 1.68. The summed E-state index contributed by atoms with van der Waals surface area (Å²) in [6, 6.07) is 3.90. The molecule has 2 N–H and O–H groups in total. The molecule has 0 radical (unpaired) electrons. The maximum Gasteiger partial charge on any atom is 0.0994 e. The van der Waals surface area contributed by atoms with Crippen LogP contribution in [-0.2, 0) is 0 Å². The Labute approximate surface area is 88.8 Å². The van der Waals surface area contributed by atoms with Crippen molar-refractivity contribution in [2.75, 3.05) is 0 Å². The zero-order valence-electron chi connectivity index (χ0n) is 8.67. The van der Waals surface area contributed by atoms with E-state index in [2.05, 4.69) is 16.9 Å². The molecular weight excluding hydrogens is 188 g/mol. The number of rotatable bonds is 3. The lowest BCUT2D eigenvalue weighted by molar-refractivity contribution is 0.659. The summed E-state index contributed by atoms with van der Waals surface area (Å²) in [6.07, 6.45) is 8.01. The van der Waals surface area contributed by atoms with Gasteiger partial charge in [0.15, 0.2) is 0 Å². The van der Waals surface area contributed by atoms with Gasteiger partial charge in [0.2, 0.25) is 0 Å². The van der Waals surface area contributed by atoms with E-state index in [4.69, 9.17) is 5.73 Å². The highest BCUT2D eigenvalue weighted by atomic mass is 15.1. The van der Waals surface area contributed by atoms with Crippen LogP contribution >= 0.6 is 0 Å². The monoisotopic (exact) mass is 202 g/mol. The molecule has 2 rings (SSSR count). The van der Waals surface area contributed by atoms with Crippen molar-refractivity contribution in [2.45, 2.75) is 19.4 Å². The SMILES string of the molecule is CC[C@@H](N)c1cncn1-c1ccncc1. The molecule has 0 unspecified atom stereocenters. The first-order chi connectivity index (χ1) is 7.33. The first-order valence-electron chi connectivity index (χ1n) is 5.01. The fourth-order valence-electron chi connectivity index (χ4n) is 1.51. The van der Waals surface area contributed by atoms with E-state index in [-0.39, 0.29) is 6.04 Å². The number of nitrogens with zero attached hydrogens (tertiary/aromatic N) is 3. The second-order valence-electron chi connectivity index (χ2n) is 3.41. The molecule has 78 valence electrons. The van der Waals surface area contributed by atoms with Crippen LogP contribution in [0.15, 0.2) is 37.1 Å². The second kappa shape index (κ2) is 4.23. The summed E-state index contributed by atoms with van der Waals surface area (Å²) in [7, 11) is 0. The van der Waals surface area contributed by atoms with Crippen molar-refractivity contribution >= 4 is 0 Å². The minimum Gasteiger partial charge on any atom is -0.323 e. The number of imidazole rings is 1. The normalized spacial score (nSPS) is 12.7. The van der Waals surface area contributed by atoms with E-state index < -0.39 is 0 Å². The van der Waals surface area contributed by atoms with Crippen molar-refractivity contribution in [2.24, 2.45) is 5.73 Å². The number of aromatic nitrogens is 3. The zero-order chi connectivity index (χ0) is 10.7. The summed E-state index contributed by atoms with van der Waals surface area (Å²) in [5, 5.41) is 0. The van der Waals surface area contributed by atoms with Crippen molar-refractivity contribution in [3.63, 3.8) is 0 Å². The Kier molecular flexibility index (Phi) is 2.78. The molecule has 0 aliphatic heterocycles. The molecule has 0 spiro atoms. The third-order valence-electron chi connectivity index (χ3n) is 2.43. The molecule has 1 atom stereocenters. The summed E-state index contributed by atoms with van der Waals surface area (Å²) < 4.78 is 2.00. The largest absolute Gasteiger partial charge is 0.323 e. The Hall–Kier alpha value is -1.68. The Balaban J connectivity index is 2.41. The molecule has 15 heavy (non-hydrogen) atoms. The average Bonchev–Trinajstić information content (AvgIpc) is 2.78. The maximum absolute atomic E-state index is 6.00. The maximum atomic E-state index is 6.00. The molecule has 2 heterocycles. The van der Waals surface area contributed by atoms with Gasteiger partial charge in [0, 0.05) is 24.1 Å². The first kappa shape index (κ1) is 9.86. The third kappa shape index (κ3) is 1.89. The smallest absolute Gasteiger partial charge is 0.0994 e. The Morgan fingerprint density at radius 2 is 2.07 bits per heavy atom. The Bertz CT molecular complexity index is 421. The predicted molar refractivity (Wildman–Crippen MR) is 58.6 cm³/mol. The standard InChI is InChI=1S/C11H14N4/c1-2-10(12)11-7-14-8-15(11)9-3-5-13-6-4-9/h3-8,10H,2,12H2,1H3/t10-/m1/s1. The molecule has 0 aromatic carbocycles. The van der Waals surface area contributed by atoms with Crippen LogP contribution in [0.3, 0.4) is 0 Å². The highest BCUT2D eigenvalue weighted by molar-refractivity contribution is 5.31. The van der Waals surface area contributed by atoms with Crippen LogP contribution in [0.2, 0.25) is 0 Å². The van der Waals surface area contributed by atoms with Crippen LogP contribution in [0.4, 0.5) is 0 Å². The van der Waals surface area contributed by atoms with Crippen LogP contribution in [-0.4, -0.2) is 14.5 Å². The van der Waals surface area contributed by atoms with Gasteiger partial charge in [-0.3, -0.25) is 4.98 Å². The molecule has 0 fully saturated rings. The van der Waals surface area contributed by atoms with Crippen molar-refractivity contribution in [3.8, 4) is 5.69 Å². The van der Waals surface area contributed by atoms with Gasteiger partial charge in [-0.25, -0.2) is 4.98 Å². The lowest BCUT2D eigenvalue weighted by Gasteiger charge is -2.12. The molecule has 2 aromatic rings. The van der Waals surface area contributed by atoms with Crippen LogP contribution < -0.4 is 5.73 Å². The van der Waals surface area contributed by atoms with Crippen LogP contribution in [0.1, 0.15) is 25.1 Å². The summed E-state index contributed by atoms with van der Waals surface area (Å²) >= 11 is 0. The van der Waals surface area contributed by atoms with E-state index in [1.54, 1.807) is 18.7 Å². The average molecular weight is 202 g/mol. The lowest BCUT2D eigenvalue weighted by Crippen LogP contribution is -2.13. The topological polar surface area (TPSA) is 56.7 Å². The summed E-state index contributed by atoms with van der Waals surface area (Å²) in [4.78, 5) is 8.12. The number of pyridine rings is 1. The molecule has 0 saturated heterocycles. The van der Waals surface area contributed by atoms with Crippen LogP contribution in [0, 0.1) is 0 Å². The Morgan fingerprint density at radius 1 is 1.33 bits per heavy atom. The second-order valence-corrected chi connectivity index (χ2v) is 3.41. The van der Waals surface area contributed by atoms with E-state index in [9.17, 15) is 0 Å². The fraction of sp³-hybridized carbons (Fsp3) is 0.273. The zero-order valence-corrected chi connectivity index (χ0v) is 8.67. The molecular formula is C11H14N4. The van der Waals surface area contributed by atoms with Gasteiger partial charge in [-0.15, -0.1) is 0 Å². The van der Waals surface area contributed by atoms with E-state index >= 15 is 0 Å². The lowest BCUT2D eigenvalue weighted by atomic mass is 10.2. The molecule has 0 bridgehead atoms. The number of hydrogen-bond donors (Lipinski definition) is 1. The summed E-state index contributed by atoms with van der Waals surface area (Å²) in [5.41, 5.74) is 8.07. The number of nitrogens with two attached hydrogens (primary N) is 1. The van der Waals surface area contributed by atoms with Crippen molar-refractivity contribution < 1.29 is 0 Å². The van der Waals surface area contributed by atoms with E-state index in [1.807, 2.05) is 22.9 Å². The third-order valence-corrected chi connectivity index (χ3v) is 2.43. The first-order valence-corrected chi connectivity index (χ1v) is 5.01. The highest BCUT2D eigenvalue weighted by Gasteiger charge is 2.10. The van der Waals surface area contributed by atoms with E-state index in [0.29, 0.717) is 0 Å². The Morgan fingerprint density at radius 3 is 2.73 bits per heavy atom. The summed E-state index contributed by atoms with van der Waals surface area (Å²) in [6.45, 7) is 2.06. The molecule has 0 aliphatic rings. The van der Waals surface area contributed by atoms with Gasteiger partial charge in [0.1, 0.15) is 0 Å². The molecule has 4 nitrogen and oxygen atoms in total. The fourth-order valence-corrected chi connectivity index (χ4v) is 1.51. The molecule has 4 heteroatoms. The van der Waals surface area contributed by atoms with Gasteiger partial charge in [-0.05, 0) is 18.6 Å². The molecule has 0 aliphatic carbocycles. The molecule has 2 aromatic heterocycles. The quantitative estimate of drug-likeness (QED) is 0.823. The minimum absolute atomic E-state index is 0.0284. The van der Waals surface area contributed by atoms with Gasteiger partial charge in [-0.1, -0.05) is 6.92 Å². The van der Waals surface area contributed by atoms with E-state index in [1.165, 1.54) is 0 Å². The van der Waals surface area contributed by atoms with Crippen molar-refractivity contribution in [1.82, 2.24) is 14.5 Å². The summed E-state index contributed by atoms with van der Waals surface area (Å²) in [5.74, 6) is 0. The van der Waals surface area contributed by atoms with Gasteiger partial charge in [0.05, 0.1) is 18.2 Å². The van der Waals surface area contributed by atoms with Gasteiger partial charge in [0.25, 0.3) is 0 Å².